The van der Waals surface area contributed by atoms with Gasteiger partial charge in [-0.25, -0.2) is 18.3 Å². The lowest BCUT2D eigenvalue weighted by Gasteiger charge is -2.04. The molecule has 19 nitrogen and oxygen atoms in total. The topological polar surface area (TPSA) is 161 Å². The fourth-order valence-electron chi connectivity index (χ4n) is 18.1. The van der Waals surface area contributed by atoms with Crippen LogP contribution < -0.4 is 22.8 Å². The number of fused-ring (bicyclic) bond motifs is 35. The minimum Gasteiger partial charge on any atom is -0.413 e. The van der Waals surface area contributed by atoms with Gasteiger partial charge in [0, 0.05) is 88.7 Å². The summed E-state index contributed by atoms with van der Waals surface area (Å²) in [5, 5.41) is 5.58. The van der Waals surface area contributed by atoms with Crippen molar-refractivity contribution in [3.05, 3.63) is 332 Å². The molecule has 0 aliphatic carbocycles. The smallest absolute Gasteiger partial charge is 0.413 e. The Balaban J connectivity index is 0.0000000850. The number of aromatic nitrogens is 15. The van der Waals surface area contributed by atoms with E-state index >= 15 is 0 Å². The zero-order valence-electron chi connectivity index (χ0n) is 64.7. The molecule has 0 N–H and O–H groups in total. The summed E-state index contributed by atoms with van der Waals surface area (Å²) >= 11 is 1.79. The molecule has 20 heteroatoms. The predicted molar refractivity (Wildman–Crippen MR) is 443 cm³/mol. The highest BCUT2D eigenvalue weighted by molar-refractivity contribution is 7.25. The average molecular weight is 1520 g/mol. The number of nitrogens with zero attached hydrogens (tertiary/aromatic N) is 15. The summed E-state index contributed by atoms with van der Waals surface area (Å²) in [5.41, 5.74) is 27.9. The number of hydrogen-bond acceptors (Lipinski definition) is 10. The highest BCUT2D eigenvalue weighted by Gasteiger charge is 2.42. The molecule has 28 rings (SSSR count). The minimum absolute atomic E-state index is 0.598. The van der Waals surface area contributed by atoms with Crippen LogP contribution in [0, 0.1) is 0 Å². The lowest BCUT2D eigenvalue weighted by molar-refractivity contribution is -0.655. The van der Waals surface area contributed by atoms with Gasteiger partial charge in [0.05, 0.1) is 91.7 Å². The van der Waals surface area contributed by atoms with E-state index in [2.05, 4.69) is 219 Å². The maximum absolute atomic E-state index is 8.25. The standard InChI is InChI=1S/2C22H17N4.C21H14N3O.C15H9N2O2.C15H9N2OS/c2*1-24-19-10-6-5-9-18(19)20-22(24)25-14-15-13-23-12-11-17(15)21(25)26(20)16-7-3-2-4-8-16;1-2-6-15(7-3-1)24-18-9-5-4-8-17(18)19-20(24)23-13-14-12-22-11-10-16(14)21(23)25-19;1-2-4-12-11(3-1)13-15(18-12)17-8-9-7-16-6-5-10(9)14(17)19-13;1-2-4-12-11(3-1)13-15(19-12)17-8-9-7-16-6-5-10(9)14(17)18-13/h2*2-13H,14H2,1H3;1-12H,13H2;2*1-7H,8H2/q5*+1/i1D3;;;;. The number of para-hydroxylation sites is 7. The van der Waals surface area contributed by atoms with Crippen LogP contribution >= 0.6 is 11.3 Å². The number of furan rings is 1. The SMILES string of the molecule is Cn1c2ccccc2c2c1[n+]1c(n2-c2ccccc2)-c2ccncc2C1.[2H]C([2H])([2H])n1c2ccccc2c2c1[n+]1c(n2-c2ccccc2)-c2ccncc2C1.c1ccc(-n2c3ccccc3c3oc4[n+](c32)Cc2cnccc2-4)cc1.c1ccc2c(c1)oc1c2oc2[n+]1Cc1cnccc1-2.c1ccc2c(c1)sc1c2oc2[n+]1Cc1cnccc1-2. The van der Waals surface area contributed by atoms with Crippen LogP contribution in [0.1, 0.15) is 31.9 Å². The molecule has 0 saturated carbocycles. The van der Waals surface area contributed by atoms with Crippen LogP contribution in [0.3, 0.4) is 0 Å². The van der Waals surface area contributed by atoms with E-state index < -0.39 is 6.98 Å². The fourth-order valence-corrected chi connectivity index (χ4v) is 19.2. The molecule has 15 aromatic heterocycles. The molecular formula is C95H66N15O4S+5. The predicted octanol–water partition coefficient (Wildman–Crippen LogP) is 18.0. The zero-order chi connectivity index (χ0) is 78.2. The highest BCUT2D eigenvalue weighted by atomic mass is 32.1. The van der Waals surface area contributed by atoms with Crippen LogP contribution in [-0.4, -0.2) is 47.8 Å². The second kappa shape index (κ2) is 25.3. The van der Waals surface area contributed by atoms with Crippen LogP contribution in [-0.2, 0) is 46.7 Å². The molecule has 8 aromatic carbocycles. The summed E-state index contributed by atoms with van der Waals surface area (Å²) in [6.45, 7) is 1.57. The van der Waals surface area contributed by atoms with Crippen LogP contribution in [0.5, 0.6) is 0 Å². The van der Waals surface area contributed by atoms with E-state index in [0.29, 0.717) is 17.7 Å². The van der Waals surface area contributed by atoms with Crippen molar-refractivity contribution in [1.29, 1.82) is 0 Å². The first-order valence-corrected chi connectivity index (χ1v) is 39.0. The van der Waals surface area contributed by atoms with E-state index in [1.54, 1.807) is 23.7 Å². The molecule has 0 fully saturated rings. The molecule has 0 radical (unpaired) electrons. The molecule has 546 valence electrons. The summed E-state index contributed by atoms with van der Waals surface area (Å²) in [6, 6.07) is 82.5. The normalized spacial score (nSPS) is 13.3. The summed E-state index contributed by atoms with van der Waals surface area (Å²) in [5.74, 6) is 4.96. The van der Waals surface area contributed by atoms with Gasteiger partial charge >= 0.3 is 28.0 Å². The number of hydrogen-bond donors (Lipinski definition) is 0. The average Bonchev–Trinajstić information content (AvgIpc) is 1.52. The Labute approximate surface area is 662 Å². The number of pyridine rings is 5. The van der Waals surface area contributed by atoms with E-state index in [0.717, 1.165) is 144 Å². The van der Waals surface area contributed by atoms with Crippen LogP contribution in [0.4, 0.5) is 0 Å². The monoisotopic (exact) mass is 1520 g/mol. The van der Waals surface area contributed by atoms with Crippen molar-refractivity contribution in [2.24, 2.45) is 14.0 Å². The Hall–Kier alpha value is -15.0. The number of thiophene rings is 1. The van der Waals surface area contributed by atoms with E-state index in [1.165, 1.54) is 86.4 Å². The van der Waals surface area contributed by atoms with Gasteiger partial charge < -0.3 is 17.7 Å². The van der Waals surface area contributed by atoms with Crippen molar-refractivity contribution >= 4 is 120 Å². The van der Waals surface area contributed by atoms with Gasteiger partial charge in [-0.3, -0.25) is 34.1 Å². The Morgan fingerprint density at radius 1 is 0.330 bits per heavy atom. The first kappa shape index (κ1) is 61.7. The lowest BCUT2D eigenvalue weighted by Crippen LogP contribution is -2.33. The summed E-state index contributed by atoms with van der Waals surface area (Å²) in [7, 11) is 2.16. The van der Waals surface area contributed by atoms with Gasteiger partial charge in [-0.2, -0.15) is 9.13 Å². The van der Waals surface area contributed by atoms with Crippen molar-refractivity contribution in [3.8, 4) is 74.2 Å². The Morgan fingerprint density at radius 3 is 1.30 bits per heavy atom. The van der Waals surface area contributed by atoms with Crippen molar-refractivity contribution in [2.45, 2.75) is 32.7 Å². The molecule has 0 bridgehead atoms. The van der Waals surface area contributed by atoms with Gasteiger partial charge in [0.15, 0.2) is 24.1 Å². The largest absolute Gasteiger partial charge is 0.422 e. The van der Waals surface area contributed by atoms with Crippen LogP contribution in [0.2, 0.25) is 0 Å². The molecule has 0 amide bonds. The summed E-state index contributed by atoms with van der Waals surface area (Å²) in [4.78, 5) is 22.4. The second-order valence-electron chi connectivity index (χ2n) is 29.4. The molecule has 0 unspecified atom stereocenters. The Kier molecular flexibility index (Phi) is 13.6. The third kappa shape index (κ3) is 9.63. The number of benzene rings is 8. The van der Waals surface area contributed by atoms with Gasteiger partial charge in [-0.1, -0.05) is 127 Å². The van der Waals surface area contributed by atoms with Crippen molar-refractivity contribution in [2.75, 3.05) is 0 Å². The summed E-state index contributed by atoms with van der Waals surface area (Å²) < 4.78 is 72.3. The van der Waals surface area contributed by atoms with Crippen molar-refractivity contribution < 1.29 is 44.6 Å². The van der Waals surface area contributed by atoms with E-state index in [4.69, 9.17) is 21.8 Å². The second-order valence-corrected chi connectivity index (χ2v) is 30.4. The molecule has 5 aliphatic rings. The lowest BCUT2D eigenvalue weighted by atomic mass is 10.1. The molecule has 115 heavy (non-hydrogen) atoms. The zero-order valence-corrected chi connectivity index (χ0v) is 62.5. The maximum Gasteiger partial charge on any atom is 0.422 e. The molecule has 20 heterocycles. The fraction of sp³-hybridized carbons (Fsp3) is 0.0737. The Bertz CT molecular complexity index is 7920. The molecule has 23 aromatic rings. The molecule has 0 atom stereocenters. The highest BCUT2D eigenvalue weighted by Crippen LogP contribution is 2.44. The molecule has 0 saturated heterocycles. The van der Waals surface area contributed by atoms with Crippen molar-refractivity contribution in [3.63, 3.8) is 0 Å². The van der Waals surface area contributed by atoms with Crippen LogP contribution in [0.25, 0.3) is 183 Å². The van der Waals surface area contributed by atoms with Gasteiger partial charge in [0.1, 0.15) is 45.7 Å². The number of aryl methyl sites for hydroxylation is 2. The first-order chi connectivity index (χ1) is 58.1. The molecule has 0 spiro atoms. The third-order valence-corrected chi connectivity index (χ3v) is 24.3. The minimum atomic E-state index is -2.29. The van der Waals surface area contributed by atoms with Gasteiger partial charge in [-0.05, 0) is 127 Å². The quantitative estimate of drug-likeness (QED) is 0.157. The van der Waals surface area contributed by atoms with E-state index in [-0.39, 0.29) is 0 Å². The summed E-state index contributed by atoms with van der Waals surface area (Å²) in [6.07, 6.45) is 18.7. The van der Waals surface area contributed by atoms with Crippen LogP contribution in [0.15, 0.2) is 322 Å². The number of imidazole rings is 2. The first-order valence-electron chi connectivity index (χ1n) is 39.7. The van der Waals surface area contributed by atoms with Gasteiger partial charge in [0.2, 0.25) is 22.8 Å². The van der Waals surface area contributed by atoms with Crippen molar-refractivity contribution in [1.82, 2.24) is 47.8 Å². The Morgan fingerprint density at radius 2 is 0.730 bits per heavy atom. The third-order valence-electron chi connectivity index (χ3n) is 23.1. The van der Waals surface area contributed by atoms with Gasteiger partial charge in [0.25, 0.3) is 22.8 Å². The van der Waals surface area contributed by atoms with E-state index in [1.807, 2.05) is 147 Å². The number of oxazole rings is 3. The van der Waals surface area contributed by atoms with E-state index in [9.17, 15) is 0 Å². The number of rotatable bonds is 3. The van der Waals surface area contributed by atoms with Gasteiger partial charge in [-0.15, -0.1) is 9.13 Å². The maximum atomic E-state index is 8.25. The molecular weight excluding hydrogens is 1450 g/mol. The molecule has 5 aliphatic heterocycles.